The number of ether oxygens (including phenoxy) is 2. The maximum Gasteiger partial charge on any atom is 0.200 e. The van der Waals surface area contributed by atoms with Crippen LogP contribution < -0.4 is 14.4 Å². The molecule has 0 fully saturated rings. The molecular formula is C15H19ClNO3S+. The fraction of sp³-hybridized carbons (Fsp3) is 0.333. The van der Waals surface area contributed by atoms with E-state index in [1.54, 1.807) is 11.3 Å². The van der Waals surface area contributed by atoms with E-state index >= 15 is 0 Å². The van der Waals surface area contributed by atoms with Gasteiger partial charge in [-0.05, 0) is 24.3 Å². The van der Waals surface area contributed by atoms with E-state index in [4.69, 9.17) is 21.1 Å². The van der Waals surface area contributed by atoms with Gasteiger partial charge in [0.15, 0.2) is 11.5 Å². The summed E-state index contributed by atoms with van der Waals surface area (Å²) in [6.45, 7) is 1.69. The van der Waals surface area contributed by atoms with E-state index in [9.17, 15) is 5.11 Å². The Morgan fingerprint density at radius 3 is 2.24 bits per heavy atom. The van der Waals surface area contributed by atoms with Crippen LogP contribution in [0, 0.1) is 0 Å². The molecule has 0 spiro atoms. The van der Waals surface area contributed by atoms with E-state index in [0.717, 1.165) is 23.0 Å². The second-order valence-electron chi connectivity index (χ2n) is 4.87. The van der Waals surface area contributed by atoms with Crippen molar-refractivity contribution in [1.82, 2.24) is 0 Å². The summed E-state index contributed by atoms with van der Waals surface area (Å²) in [6, 6.07) is 7.64. The predicted molar refractivity (Wildman–Crippen MR) is 84.8 cm³/mol. The van der Waals surface area contributed by atoms with E-state index in [0.29, 0.717) is 11.5 Å². The molecule has 1 atom stereocenters. The Bertz CT molecular complexity index is 590. The number of rotatable bonds is 6. The van der Waals surface area contributed by atoms with E-state index in [2.05, 4.69) is 13.1 Å². The summed E-state index contributed by atoms with van der Waals surface area (Å²) in [6.07, 6.45) is 0. The Morgan fingerprint density at radius 2 is 1.76 bits per heavy atom. The van der Waals surface area contributed by atoms with Gasteiger partial charge in [-0.15, -0.1) is 11.3 Å². The first-order valence-corrected chi connectivity index (χ1v) is 7.72. The van der Waals surface area contributed by atoms with E-state index in [1.807, 2.05) is 18.2 Å². The molecule has 0 radical (unpaired) electrons. The summed E-state index contributed by atoms with van der Waals surface area (Å²) in [5, 5.41) is 9.92. The van der Waals surface area contributed by atoms with E-state index < -0.39 is 0 Å². The fourth-order valence-corrected chi connectivity index (χ4v) is 3.41. The van der Waals surface area contributed by atoms with Crippen molar-refractivity contribution in [2.75, 3.05) is 21.3 Å². The number of hydrogen-bond acceptors (Lipinski definition) is 4. The molecule has 21 heavy (non-hydrogen) atoms. The Morgan fingerprint density at radius 1 is 1.14 bits per heavy atom. The highest BCUT2D eigenvalue weighted by molar-refractivity contribution is 7.16. The third kappa shape index (κ3) is 4.03. The molecule has 114 valence electrons. The average molecular weight is 329 g/mol. The van der Waals surface area contributed by atoms with Gasteiger partial charge in [0.1, 0.15) is 13.1 Å². The number of aromatic hydroxyl groups is 1. The SMILES string of the molecule is COc1cc(C[NH+](C)Cc2ccc(Cl)s2)cc(OC)c1O. The fourth-order valence-electron chi connectivity index (χ4n) is 2.20. The molecule has 0 saturated heterocycles. The van der Waals surface area contributed by atoms with Gasteiger partial charge in [-0.25, -0.2) is 0 Å². The van der Waals surface area contributed by atoms with Crippen LogP contribution in [0.3, 0.4) is 0 Å². The van der Waals surface area contributed by atoms with Gasteiger partial charge in [0.2, 0.25) is 5.75 Å². The summed E-state index contributed by atoms with van der Waals surface area (Å²) in [7, 11) is 5.17. The molecule has 2 aromatic rings. The van der Waals surface area contributed by atoms with Crippen LogP contribution in [-0.4, -0.2) is 26.4 Å². The maximum atomic E-state index is 9.92. The molecule has 6 heteroatoms. The summed E-state index contributed by atoms with van der Waals surface area (Å²) in [5.74, 6) is 0.888. The smallest absolute Gasteiger partial charge is 0.200 e. The van der Waals surface area contributed by atoms with Crippen LogP contribution in [0.4, 0.5) is 0 Å². The van der Waals surface area contributed by atoms with Crippen LogP contribution in [-0.2, 0) is 13.1 Å². The summed E-state index contributed by atoms with van der Waals surface area (Å²) < 4.78 is 11.2. The van der Waals surface area contributed by atoms with Crippen LogP contribution in [0.1, 0.15) is 10.4 Å². The van der Waals surface area contributed by atoms with Crippen molar-refractivity contribution in [2.24, 2.45) is 0 Å². The molecule has 1 unspecified atom stereocenters. The molecule has 1 aromatic carbocycles. The zero-order valence-corrected chi connectivity index (χ0v) is 13.8. The van der Waals surface area contributed by atoms with Crippen molar-refractivity contribution < 1.29 is 19.5 Å². The first-order valence-electron chi connectivity index (χ1n) is 6.53. The highest BCUT2D eigenvalue weighted by Gasteiger charge is 2.14. The molecule has 0 aliphatic rings. The van der Waals surface area contributed by atoms with Gasteiger partial charge < -0.3 is 19.5 Å². The number of thiophene rings is 1. The van der Waals surface area contributed by atoms with Crippen LogP contribution in [0.25, 0.3) is 0 Å². The lowest BCUT2D eigenvalue weighted by Gasteiger charge is -2.15. The third-order valence-corrected chi connectivity index (χ3v) is 4.38. The van der Waals surface area contributed by atoms with Crippen LogP contribution >= 0.6 is 22.9 Å². The predicted octanol–water partition coefficient (Wildman–Crippen LogP) is 2.34. The van der Waals surface area contributed by atoms with Crippen molar-refractivity contribution >= 4 is 22.9 Å². The van der Waals surface area contributed by atoms with Crippen molar-refractivity contribution in [3.05, 3.63) is 39.0 Å². The Kier molecular flexibility index (Phi) is 5.33. The monoisotopic (exact) mass is 328 g/mol. The number of hydrogen-bond donors (Lipinski definition) is 2. The standard InChI is InChI=1S/C15H18ClNO3S/c1-17(9-11-4-5-14(16)21-11)8-10-6-12(19-2)15(18)13(7-10)20-3/h4-7,18H,8-9H2,1-3H3/p+1. The molecular weight excluding hydrogens is 310 g/mol. The Balaban J connectivity index is 2.11. The van der Waals surface area contributed by atoms with Crippen LogP contribution in [0.5, 0.6) is 17.2 Å². The first kappa shape index (κ1) is 15.9. The van der Waals surface area contributed by atoms with E-state index in [-0.39, 0.29) is 5.75 Å². The van der Waals surface area contributed by atoms with Gasteiger partial charge in [-0.2, -0.15) is 0 Å². The number of nitrogens with one attached hydrogen (secondary N) is 1. The molecule has 1 aromatic heterocycles. The lowest BCUT2D eigenvalue weighted by atomic mass is 10.1. The van der Waals surface area contributed by atoms with Crippen LogP contribution in [0.15, 0.2) is 24.3 Å². The number of halogens is 1. The summed E-state index contributed by atoms with van der Waals surface area (Å²) >= 11 is 7.55. The zero-order chi connectivity index (χ0) is 15.4. The number of quaternary nitrogens is 1. The van der Waals surface area contributed by atoms with E-state index in [1.165, 1.54) is 24.0 Å². The van der Waals surface area contributed by atoms with Crippen molar-refractivity contribution in [1.29, 1.82) is 0 Å². The third-order valence-electron chi connectivity index (χ3n) is 3.15. The van der Waals surface area contributed by atoms with Gasteiger partial charge in [-0.3, -0.25) is 0 Å². The molecule has 0 bridgehead atoms. The van der Waals surface area contributed by atoms with Gasteiger partial charge in [0.05, 0.1) is 30.5 Å². The van der Waals surface area contributed by atoms with Gasteiger partial charge in [0, 0.05) is 5.56 Å². The molecule has 4 nitrogen and oxygen atoms in total. The number of benzene rings is 1. The molecule has 2 rings (SSSR count). The minimum absolute atomic E-state index is 0.0337. The topological polar surface area (TPSA) is 43.1 Å². The van der Waals surface area contributed by atoms with Gasteiger partial charge in [-0.1, -0.05) is 11.6 Å². The molecule has 0 amide bonds. The van der Waals surface area contributed by atoms with Crippen LogP contribution in [0.2, 0.25) is 4.34 Å². The molecule has 0 aliphatic carbocycles. The Hall–Kier alpha value is -1.43. The lowest BCUT2D eigenvalue weighted by molar-refractivity contribution is -0.907. The second kappa shape index (κ2) is 7.02. The number of phenolic OH excluding ortho intramolecular Hbond substituents is 1. The summed E-state index contributed by atoms with van der Waals surface area (Å²) in [4.78, 5) is 2.55. The van der Waals surface area contributed by atoms with Crippen molar-refractivity contribution in [2.45, 2.75) is 13.1 Å². The minimum atomic E-state index is 0.0337. The molecule has 1 heterocycles. The van der Waals surface area contributed by atoms with Gasteiger partial charge in [0.25, 0.3) is 0 Å². The molecule has 0 aliphatic heterocycles. The Labute approximate surface area is 133 Å². The summed E-state index contributed by atoms with van der Waals surface area (Å²) in [5.41, 5.74) is 1.04. The van der Waals surface area contributed by atoms with Crippen molar-refractivity contribution in [3.8, 4) is 17.2 Å². The van der Waals surface area contributed by atoms with Gasteiger partial charge >= 0.3 is 0 Å². The number of methoxy groups -OCH3 is 2. The first-order chi connectivity index (χ1) is 10.0. The molecule has 0 saturated carbocycles. The zero-order valence-electron chi connectivity index (χ0n) is 12.3. The maximum absolute atomic E-state index is 9.92. The largest absolute Gasteiger partial charge is 0.502 e. The quantitative estimate of drug-likeness (QED) is 0.855. The normalized spacial score (nSPS) is 12.2. The highest BCUT2D eigenvalue weighted by Crippen LogP contribution is 2.36. The second-order valence-corrected chi connectivity index (χ2v) is 6.67. The lowest BCUT2D eigenvalue weighted by Crippen LogP contribution is -3.06. The minimum Gasteiger partial charge on any atom is -0.502 e. The highest BCUT2D eigenvalue weighted by atomic mass is 35.5. The molecule has 2 N–H and O–H groups in total. The van der Waals surface area contributed by atoms with Crippen molar-refractivity contribution in [3.63, 3.8) is 0 Å². The average Bonchev–Trinajstić information content (AvgIpc) is 2.85. The number of phenols is 1.